The molecule has 0 radical (unpaired) electrons. The maximum absolute atomic E-state index is 11.1. The Balaban J connectivity index is 2.07. The molecule has 4 heteroatoms. The smallest absolute Gasteiger partial charge is 0.308 e. The number of carbonyl (C=O) groups is 1. The summed E-state index contributed by atoms with van der Waals surface area (Å²) < 4.78 is 0. The Hall–Kier alpha value is -1.55. The molecule has 0 aromatic heterocycles. The summed E-state index contributed by atoms with van der Waals surface area (Å²) in [6.45, 7) is 5.89. The van der Waals surface area contributed by atoms with Crippen LogP contribution in [0.1, 0.15) is 18.1 Å². The van der Waals surface area contributed by atoms with Gasteiger partial charge >= 0.3 is 5.97 Å². The molecule has 1 aromatic carbocycles. The number of nitrogens with zero attached hydrogens (tertiary/aromatic N) is 1. The third-order valence-electron chi connectivity index (χ3n) is 3.63. The lowest BCUT2D eigenvalue weighted by molar-refractivity contribution is -0.142. The van der Waals surface area contributed by atoms with E-state index in [1.165, 1.54) is 0 Å². The second-order valence-electron chi connectivity index (χ2n) is 5.25. The zero-order chi connectivity index (χ0) is 13.3. The van der Waals surface area contributed by atoms with Crippen LogP contribution in [-0.4, -0.2) is 34.2 Å². The summed E-state index contributed by atoms with van der Waals surface area (Å²) in [5, 5.41) is 18.9. The van der Waals surface area contributed by atoms with Crippen LogP contribution in [-0.2, 0) is 11.3 Å². The van der Waals surface area contributed by atoms with Gasteiger partial charge in [0.05, 0.1) is 5.92 Å². The van der Waals surface area contributed by atoms with Crippen molar-refractivity contribution in [3.8, 4) is 5.75 Å². The number of aromatic hydroxyl groups is 1. The van der Waals surface area contributed by atoms with Crippen molar-refractivity contribution in [2.45, 2.75) is 20.4 Å². The Morgan fingerprint density at radius 3 is 2.78 bits per heavy atom. The highest BCUT2D eigenvalue weighted by Crippen LogP contribution is 2.27. The fourth-order valence-corrected chi connectivity index (χ4v) is 2.60. The molecule has 1 saturated heterocycles. The Kier molecular flexibility index (Phi) is 3.57. The number of rotatable bonds is 3. The van der Waals surface area contributed by atoms with Gasteiger partial charge in [0.15, 0.2) is 0 Å². The lowest BCUT2D eigenvalue weighted by Gasteiger charge is -2.16. The number of phenols is 1. The van der Waals surface area contributed by atoms with Crippen LogP contribution in [0.3, 0.4) is 0 Å². The quantitative estimate of drug-likeness (QED) is 0.858. The minimum Gasteiger partial charge on any atom is -0.508 e. The predicted octanol–water partition coefficient (Wildman–Crippen LogP) is 1.85. The van der Waals surface area contributed by atoms with Gasteiger partial charge in [-0.25, -0.2) is 0 Å². The van der Waals surface area contributed by atoms with Crippen molar-refractivity contribution in [1.29, 1.82) is 0 Å². The lowest BCUT2D eigenvalue weighted by Crippen LogP contribution is -2.23. The highest BCUT2D eigenvalue weighted by atomic mass is 16.4. The van der Waals surface area contributed by atoms with Crippen LogP contribution >= 0.6 is 0 Å². The maximum Gasteiger partial charge on any atom is 0.308 e. The summed E-state index contributed by atoms with van der Waals surface area (Å²) in [6.07, 6.45) is 0. The first kappa shape index (κ1) is 12.9. The fourth-order valence-electron chi connectivity index (χ4n) is 2.60. The molecule has 1 aliphatic heterocycles. The summed E-state index contributed by atoms with van der Waals surface area (Å²) in [4.78, 5) is 13.2. The van der Waals surface area contributed by atoms with Crippen molar-refractivity contribution >= 4 is 5.97 Å². The molecule has 2 atom stereocenters. The molecule has 4 nitrogen and oxygen atoms in total. The first-order valence-electron chi connectivity index (χ1n) is 6.21. The minimum atomic E-state index is -0.724. The highest BCUT2D eigenvalue weighted by molar-refractivity contribution is 5.71. The van der Waals surface area contributed by atoms with Crippen molar-refractivity contribution in [3.63, 3.8) is 0 Å². The molecular formula is C14H19NO3. The van der Waals surface area contributed by atoms with E-state index in [9.17, 15) is 9.90 Å². The van der Waals surface area contributed by atoms with Crippen molar-refractivity contribution in [2.24, 2.45) is 11.8 Å². The average Bonchev–Trinajstić information content (AvgIpc) is 2.65. The molecule has 2 N–H and O–H groups in total. The molecule has 0 unspecified atom stereocenters. The summed E-state index contributed by atoms with van der Waals surface area (Å²) >= 11 is 0. The van der Waals surface area contributed by atoms with Crippen LogP contribution in [0.4, 0.5) is 0 Å². The average molecular weight is 249 g/mol. The molecule has 1 fully saturated rings. The van der Waals surface area contributed by atoms with E-state index in [-0.39, 0.29) is 17.6 Å². The molecular weight excluding hydrogens is 230 g/mol. The van der Waals surface area contributed by atoms with E-state index >= 15 is 0 Å². The number of benzene rings is 1. The monoisotopic (exact) mass is 249 g/mol. The molecule has 0 spiro atoms. The normalized spacial score (nSPS) is 24.3. The first-order valence-corrected chi connectivity index (χ1v) is 6.21. The maximum atomic E-state index is 11.1. The van der Waals surface area contributed by atoms with Crippen LogP contribution < -0.4 is 0 Å². The van der Waals surface area contributed by atoms with Gasteiger partial charge in [-0.2, -0.15) is 0 Å². The van der Waals surface area contributed by atoms with Crippen molar-refractivity contribution in [1.82, 2.24) is 4.90 Å². The van der Waals surface area contributed by atoms with E-state index in [1.54, 1.807) is 6.07 Å². The van der Waals surface area contributed by atoms with Crippen LogP contribution in [0.25, 0.3) is 0 Å². The SMILES string of the molecule is Cc1ccc(O)c(CN2C[C@@H](C)[C@H](C(=O)O)C2)c1. The fraction of sp³-hybridized carbons (Fsp3) is 0.500. The molecule has 0 aliphatic carbocycles. The van der Waals surface area contributed by atoms with Gasteiger partial charge in [0.25, 0.3) is 0 Å². The van der Waals surface area contributed by atoms with Gasteiger partial charge in [-0.15, -0.1) is 0 Å². The number of hydrogen-bond acceptors (Lipinski definition) is 3. The molecule has 18 heavy (non-hydrogen) atoms. The van der Waals surface area contributed by atoms with E-state index in [0.29, 0.717) is 13.1 Å². The molecule has 1 aromatic rings. The number of likely N-dealkylation sites (tertiary alicyclic amines) is 1. The van der Waals surface area contributed by atoms with Gasteiger partial charge in [0.2, 0.25) is 0 Å². The number of hydrogen-bond donors (Lipinski definition) is 2. The predicted molar refractivity (Wildman–Crippen MR) is 68.4 cm³/mol. The third-order valence-corrected chi connectivity index (χ3v) is 3.63. The van der Waals surface area contributed by atoms with Crippen LogP contribution in [0, 0.1) is 18.8 Å². The van der Waals surface area contributed by atoms with Crippen molar-refractivity contribution in [3.05, 3.63) is 29.3 Å². The second-order valence-corrected chi connectivity index (χ2v) is 5.25. The van der Waals surface area contributed by atoms with Gasteiger partial charge in [-0.05, 0) is 18.9 Å². The van der Waals surface area contributed by atoms with Crippen LogP contribution in [0.2, 0.25) is 0 Å². The minimum absolute atomic E-state index is 0.162. The lowest BCUT2D eigenvalue weighted by atomic mass is 9.99. The van der Waals surface area contributed by atoms with Crippen LogP contribution in [0.5, 0.6) is 5.75 Å². The third kappa shape index (κ3) is 2.64. The van der Waals surface area contributed by atoms with Gasteiger partial charge in [-0.3, -0.25) is 9.69 Å². The Morgan fingerprint density at radius 1 is 1.44 bits per heavy atom. The first-order chi connectivity index (χ1) is 8.47. The number of phenolic OH excluding ortho intramolecular Hbond substituents is 1. The van der Waals surface area contributed by atoms with Crippen LogP contribution in [0.15, 0.2) is 18.2 Å². The number of aliphatic carboxylic acids is 1. The van der Waals surface area contributed by atoms with Gasteiger partial charge in [0.1, 0.15) is 5.75 Å². The van der Waals surface area contributed by atoms with Crippen molar-refractivity contribution < 1.29 is 15.0 Å². The van der Waals surface area contributed by atoms with E-state index in [2.05, 4.69) is 4.90 Å². The molecule has 1 aliphatic rings. The van der Waals surface area contributed by atoms with Crippen molar-refractivity contribution in [2.75, 3.05) is 13.1 Å². The summed E-state index contributed by atoms with van der Waals surface area (Å²) in [5.41, 5.74) is 1.97. The molecule has 0 bridgehead atoms. The second kappa shape index (κ2) is 4.98. The van der Waals surface area contributed by atoms with Gasteiger partial charge in [-0.1, -0.05) is 24.6 Å². The van der Waals surface area contributed by atoms with E-state index in [1.807, 2.05) is 26.0 Å². The van der Waals surface area contributed by atoms with E-state index in [4.69, 9.17) is 5.11 Å². The molecule has 0 saturated carbocycles. The molecule has 1 heterocycles. The molecule has 0 amide bonds. The zero-order valence-corrected chi connectivity index (χ0v) is 10.8. The van der Waals surface area contributed by atoms with E-state index < -0.39 is 5.97 Å². The highest BCUT2D eigenvalue weighted by Gasteiger charge is 2.34. The Morgan fingerprint density at radius 2 is 2.17 bits per heavy atom. The number of carboxylic acids is 1. The number of aryl methyl sites for hydroxylation is 1. The molecule has 2 rings (SSSR count). The van der Waals surface area contributed by atoms with Gasteiger partial charge in [0, 0.05) is 25.2 Å². The zero-order valence-electron chi connectivity index (χ0n) is 10.8. The summed E-state index contributed by atoms with van der Waals surface area (Å²) in [7, 11) is 0. The standard InChI is InChI=1S/C14H19NO3/c1-9-3-4-13(16)11(5-9)7-15-6-10(2)12(8-15)14(17)18/h3-5,10,12,16H,6-8H2,1-2H3,(H,17,18)/t10-,12-/m1/s1. The molecule has 98 valence electrons. The largest absolute Gasteiger partial charge is 0.508 e. The summed E-state index contributed by atoms with van der Waals surface area (Å²) in [5.74, 6) is -0.572. The summed E-state index contributed by atoms with van der Waals surface area (Å²) in [6, 6.07) is 5.51. The van der Waals surface area contributed by atoms with Gasteiger partial charge < -0.3 is 10.2 Å². The Bertz CT molecular complexity index is 458. The Labute approximate surface area is 107 Å². The topological polar surface area (TPSA) is 60.8 Å². The number of carboxylic acid groups (broad SMARTS) is 1. The van der Waals surface area contributed by atoms with E-state index in [0.717, 1.165) is 17.7 Å².